The summed E-state index contributed by atoms with van der Waals surface area (Å²) in [5.41, 5.74) is -1.05. The molecular formula is C37H52O10. The predicted molar refractivity (Wildman–Crippen MR) is 169 cm³/mol. The number of carbonyl (C=O) groups excluding carboxylic acids is 4. The van der Waals surface area contributed by atoms with E-state index in [1.807, 2.05) is 27.7 Å². The Morgan fingerprint density at radius 1 is 0.979 bits per heavy atom. The lowest BCUT2D eigenvalue weighted by Crippen LogP contribution is -2.74. The molecule has 260 valence electrons. The molecule has 0 spiro atoms. The summed E-state index contributed by atoms with van der Waals surface area (Å²) in [5, 5.41) is 11.6. The van der Waals surface area contributed by atoms with Crippen molar-refractivity contribution >= 4 is 23.9 Å². The maximum Gasteiger partial charge on any atom is 0.331 e. The highest BCUT2D eigenvalue weighted by Gasteiger charge is 2.79. The van der Waals surface area contributed by atoms with Crippen LogP contribution in [0.15, 0.2) is 23.3 Å². The fourth-order valence-corrected chi connectivity index (χ4v) is 11.4. The predicted octanol–water partition coefficient (Wildman–Crippen LogP) is 4.71. The Kier molecular flexibility index (Phi) is 8.30. The smallest absolute Gasteiger partial charge is 0.331 e. The number of rotatable bonds is 6. The number of cyclic esters (lactones) is 1. The lowest BCUT2D eigenvalue weighted by Gasteiger charge is -2.70. The van der Waals surface area contributed by atoms with E-state index in [1.165, 1.54) is 13.8 Å². The van der Waals surface area contributed by atoms with Crippen LogP contribution in [0.5, 0.6) is 0 Å². The van der Waals surface area contributed by atoms with Crippen LogP contribution in [0.3, 0.4) is 0 Å². The normalized spacial score (nSPS) is 47.0. The van der Waals surface area contributed by atoms with Gasteiger partial charge < -0.3 is 28.8 Å². The minimum atomic E-state index is -0.833. The number of hydrogen-bond acceptors (Lipinski definition) is 10. The van der Waals surface area contributed by atoms with Crippen molar-refractivity contribution < 1.29 is 48.0 Å². The summed E-state index contributed by atoms with van der Waals surface area (Å²) < 4.78 is 31.1. The van der Waals surface area contributed by atoms with Crippen molar-refractivity contribution in [3.63, 3.8) is 0 Å². The first-order valence-electron chi connectivity index (χ1n) is 17.3. The first kappa shape index (κ1) is 34.2. The highest BCUT2D eigenvalue weighted by atomic mass is 16.6. The molecule has 2 heterocycles. The second kappa shape index (κ2) is 11.4. The van der Waals surface area contributed by atoms with E-state index in [1.54, 1.807) is 6.08 Å². The molecule has 6 rings (SSSR count). The van der Waals surface area contributed by atoms with Gasteiger partial charge in [0.05, 0.1) is 31.8 Å². The molecule has 0 aromatic carbocycles. The summed E-state index contributed by atoms with van der Waals surface area (Å²) in [6, 6.07) is 0. The van der Waals surface area contributed by atoms with E-state index in [2.05, 4.69) is 26.8 Å². The zero-order valence-electron chi connectivity index (χ0n) is 29.3. The third-order valence-electron chi connectivity index (χ3n) is 13.7. The van der Waals surface area contributed by atoms with Crippen LogP contribution in [0.25, 0.3) is 0 Å². The number of aliphatic hydroxyl groups is 1. The molecular weight excluding hydrogens is 604 g/mol. The third-order valence-corrected chi connectivity index (χ3v) is 13.7. The van der Waals surface area contributed by atoms with Crippen molar-refractivity contribution in [2.45, 2.75) is 119 Å². The first-order chi connectivity index (χ1) is 21.9. The Morgan fingerprint density at radius 2 is 1.64 bits per heavy atom. The Morgan fingerprint density at radius 3 is 2.23 bits per heavy atom. The molecule has 1 N–H and O–H groups in total. The lowest BCUT2D eigenvalue weighted by atomic mass is 9.35. The summed E-state index contributed by atoms with van der Waals surface area (Å²) in [7, 11) is 0. The van der Waals surface area contributed by atoms with E-state index in [0.717, 1.165) is 11.1 Å². The van der Waals surface area contributed by atoms with Crippen LogP contribution in [-0.2, 0) is 42.9 Å². The number of aliphatic hydroxyl groups excluding tert-OH is 1. The molecule has 0 amide bonds. The Labute approximate surface area is 277 Å². The molecule has 4 aliphatic carbocycles. The maximum atomic E-state index is 13.8. The molecule has 5 fully saturated rings. The van der Waals surface area contributed by atoms with E-state index in [-0.39, 0.29) is 48.6 Å². The molecule has 10 nitrogen and oxygen atoms in total. The molecule has 3 saturated carbocycles. The third kappa shape index (κ3) is 4.85. The Balaban J connectivity index is 1.56. The minimum Gasteiger partial charge on any atom is -0.465 e. The first-order valence-corrected chi connectivity index (χ1v) is 17.3. The Hall–Kier alpha value is -2.72. The SMILES string of the molecule is CC(=O)O[C@H]1C[C@H]2[C@](C)(C3=CC[C@@H]([C@H]4COC(=O)C4)[C@@]31C)[C@H](OC(=O)/C=C(\C)C(C)C)[C@@H]1OC[C@]3(C)[C@H](O)C[C@H](OC(C)=O)[C@@]2(C)[C@@H]13. The van der Waals surface area contributed by atoms with Crippen LogP contribution in [0.1, 0.15) is 88.0 Å². The summed E-state index contributed by atoms with van der Waals surface area (Å²) >= 11 is 0. The van der Waals surface area contributed by atoms with Crippen molar-refractivity contribution in [1.29, 1.82) is 0 Å². The largest absolute Gasteiger partial charge is 0.465 e. The average Bonchev–Trinajstić information content (AvgIpc) is 3.67. The molecule has 0 aromatic rings. The van der Waals surface area contributed by atoms with Gasteiger partial charge in [0, 0.05) is 59.8 Å². The summed E-state index contributed by atoms with van der Waals surface area (Å²) in [6.07, 6.45) is 2.00. The molecule has 6 aliphatic rings. The van der Waals surface area contributed by atoms with E-state index in [0.29, 0.717) is 25.9 Å². The Bertz CT molecular complexity index is 1420. The van der Waals surface area contributed by atoms with E-state index >= 15 is 0 Å². The zero-order valence-corrected chi connectivity index (χ0v) is 29.3. The van der Waals surface area contributed by atoms with Gasteiger partial charge in [-0.2, -0.15) is 0 Å². The van der Waals surface area contributed by atoms with Crippen molar-refractivity contribution in [3.8, 4) is 0 Å². The highest BCUT2D eigenvalue weighted by Crippen LogP contribution is 2.76. The molecule has 2 saturated heterocycles. The number of hydrogen-bond donors (Lipinski definition) is 1. The quantitative estimate of drug-likeness (QED) is 0.185. The molecule has 13 atom stereocenters. The standard InChI is InChI=1S/C37H52O10/c1-18(2)19(3)12-30(42)47-33-31-32-34(6,17-44-31)26(40)15-28(46-21(5)39)37(32,9)25-14-27(45-20(4)38)35(7)23(22-13-29(41)43-16-22)10-11-24(35)36(25,33)8/h11-12,18,22-23,25-28,31-33,40H,10,13-17H2,1-9H3/b19-12+/t22-,23+,25+,26-,27+,28+,31-,32+,33-,34-,35+,36+,37+/m1/s1. The lowest BCUT2D eigenvalue weighted by molar-refractivity contribution is -0.273. The number of ether oxygens (including phenoxy) is 5. The van der Waals surface area contributed by atoms with Crippen LogP contribution in [0.2, 0.25) is 0 Å². The highest BCUT2D eigenvalue weighted by molar-refractivity contribution is 5.83. The van der Waals surface area contributed by atoms with Crippen LogP contribution < -0.4 is 0 Å². The van der Waals surface area contributed by atoms with Crippen LogP contribution in [-0.4, -0.2) is 72.7 Å². The van der Waals surface area contributed by atoms with E-state index in [9.17, 15) is 24.3 Å². The fourth-order valence-electron chi connectivity index (χ4n) is 11.4. The minimum absolute atomic E-state index is 0.0526. The van der Waals surface area contributed by atoms with Crippen LogP contribution in [0, 0.1) is 51.2 Å². The maximum absolute atomic E-state index is 13.8. The number of carbonyl (C=O) groups is 4. The van der Waals surface area contributed by atoms with Gasteiger partial charge in [-0.25, -0.2) is 4.79 Å². The van der Waals surface area contributed by atoms with Gasteiger partial charge in [-0.3, -0.25) is 14.4 Å². The summed E-state index contributed by atoms with van der Waals surface area (Å²) in [5.74, 6) is -2.12. The number of fused-ring (bicyclic) bond motifs is 4. The van der Waals surface area contributed by atoms with Gasteiger partial charge in [-0.15, -0.1) is 0 Å². The number of esters is 4. The van der Waals surface area contributed by atoms with Crippen molar-refractivity contribution in [2.75, 3.05) is 13.2 Å². The molecule has 0 bridgehead atoms. The molecule has 47 heavy (non-hydrogen) atoms. The van der Waals surface area contributed by atoms with Gasteiger partial charge in [0.25, 0.3) is 0 Å². The van der Waals surface area contributed by atoms with Crippen LogP contribution in [0.4, 0.5) is 0 Å². The average molecular weight is 657 g/mol. The molecule has 10 heteroatoms. The van der Waals surface area contributed by atoms with Gasteiger partial charge in [-0.05, 0) is 37.5 Å². The molecule has 2 aliphatic heterocycles. The fraction of sp³-hybridized carbons (Fsp3) is 0.784. The van der Waals surface area contributed by atoms with Crippen LogP contribution >= 0.6 is 0 Å². The summed E-state index contributed by atoms with van der Waals surface area (Å²) in [6.45, 7) is 17.7. The topological polar surface area (TPSA) is 135 Å². The van der Waals surface area contributed by atoms with Gasteiger partial charge in [0.1, 0.15) is 18.3 Å². The van der Waals surface area contributed by atoms with E-state index < -0.39 is 70.1 Å². The van der Waals surface area contributed by atoms with Gasteiger partial charge in [-0.1, -0.05) is 58.8 Å². The number of allylic oxidation sites excluding steroid dienone is 2. The zero-order chi connectivity index (χ0) is 34.4. The molecule has 0 unspecified atom stereocenters. The summed E-state index contributed by atoms with van der Waals surface area (Å²) in [4.78, 5) is 51.5. The molecule has 0 aromatic heterocycles. The second-order valence-electron chi connectivity index (χ2n) is 16.4. The van der Waals surface area contributed by atoms with Crippen molar-refractivity contribution in [2.24, 2.45) is 51.2 Å². The van der Waals surface area contributed by atoms with E-state index in [4.69, 9.17) is 23.7 Å². The van der Waals surface area contributed by atoms with Crippen molar-refractivity contribution in [1.82, 2.24) is 0 Å². The second-order valence-corrected chi connectivity index (χ2v) is 16.4. The van der Waals surface area contributed by atoms with Crippen molar-refractivity contribution in [3.05, 3.63) is 23.3 Å². The monoisotopic (exact) mass is 656 g/mol. The molecule has 0 radical (unpaired) electrons. The van der Waals surface area contributed by atoms with Gasteiger partial charge in [0.15, 0.2) is 0 Å². The van der Waals surface area contributed by atoms with Gasteiger partial charge in [0.2, 0.25) is 0 Å². The van der Waals surface area contributed by atoms with Gasteiger partial charge >= 0.3 is 23.9 Å².